The fourth-order valence-corrected chi connectivity index (χ4v) is 3.64. The van der Waals surface area contributed by atoms with Crippen LogP contribution in [0, 0.1) is 10.1 Å². The highest BCUT2D eigenvalue weighted by Gasteiger charge is 2.32. The van der Waals surface area contributed by atoms with Crippen LogP contribution in [0.15, 0.2) is 78.9 Å². The molecule has 1 saturated heterocycles. The van der Waals surface area contributed by atoms with Crippen LogP contribution in [0.25, 0.3) is 0 Å². The summed E-state index contributed by atoms with van der Waals surface area (Å²) in [5.74, 6) is 0.492. The number of hydrogen-bond donors (Lipinski definition) is 0. The molecule has 7 heteroatoms. The minimum absolute atomic E-state index is 0.152. The highest BCUT2D eigenvalue weighted by Crippen LogP contribution is 2.32. The van der Waals surface area contributed by atoms with Gasteiger partial charge in [0.25, 0.3) is 11.6 Å². The number of nitro groups is 1. The Morgan fingerprint density at radius 2 is 1.71 bits per heavy atom. The third kappa shape index (κ3) is 4.73. The van der Waals surface area contributed by atoms with E-state index in [1.165, 1.54) is 18.2 Å². The number of rotatable bonds is 5. The van der Waals surface area contributed by atoms with Gasteiger partial charge in [-0.3, -0.25) is 14.9 Å². The number of non-ortho nitro benzene ring substituents is 1. The molecule has 7 nitrogen and oxygen atoms in total. The van der Waals surface area contributed by atoms with Gasteiger partial charge in [-0.15, -0.1) is 0 Å². The first-order chi connectivity index (χ1) is 15.0. The fraction of sp³-hybridized carbons (Fsp3) is 0.208. The lowest BCUT2D eigenvalue weighted by molar-refractivity contribution is -0.384. The van der Waals surface area contributed by atoms with Crippen molar-refractivity contribution in [1.29, 1.82) is 0 Å². The first-order valence-electron chi connectivity index (χ1n) is 10.0. The van der Waals surface area contributed by atoms with E-state index < -0.39 is 4.92 Å². The van der Waals surface area contributed by atoms with Gasteiger partial charge in [0.1, 0.15) is 17.6 Å². The van der Waals surface area contributed by atoms with Crippen LogP contribution in [-0.4, -0.2) is 34.9 Å². The Balaban J connectivity index is 1.65. The monoisotopic (exact) mass is 418 g/mol. The number of carbonyl (C=O) groups excluding carboxylic acids is 1. The Bertz CT molecular complexity index is 1070. The van der Waals surface area contributed by atoms with E-state index >= 15 is 0 Å². The maximum absolute atomic E-state index is 13.5. The van der Waals surface area contributed by atoms with E-state index in [4.69, 9.17) is 9.47 Å². The molecule has 1 heterocycles. The van der Waals surface area contributed by atoms with Gasteiger partial charge in [0.05, 0.1) is 23.1 Å². The van der Waals surface area contributed by atoms with E-state index in [0.717, 1.165) is 5.56 Å². The van der Waals surface area contributed by atoms with Crippen molar-refractivity contribution in [3.05, 3.63) is 100 Å². The van der Waals surface area contributed by atoms with Crippen LogP contribution < -0.4 is 4.74 Å². The third-order valence-corrected chi connectivity index (χ3v) is 5.09. The van der Waals surface area contributed by atoms with Gasteiger partial charge in [0.15, 0.2) is 0 Å². The minimum Gasteiger partial charge on any atom is -0.457 e. The van der Waals surface area contributed by atoms with Crippen molar-refractivity contribution in [3.63, 3.8) is 0 Å². The third-order valence-electron chi connectivity index (χ3n) is 5.09. The SMILES string of the molecule is CC1CN(C(=O)c2cc([N+](=O)[O-])ccc2Oc2ccccc2)CC(c2ccccc2)O1. The van der Waals surface area contributed by atoms with Gasteiger partial charge in [0, 0.05) is 18.7 Å². The number of hydrogen-bond acceptors (Lipinski definition) is 5. The molecular formula is C24H22N2O5. The zero-order valence-corrected chi connectivity index (χ0v) is 17.0. The lowest BCUT2D eigenvalue weighted by Crippen LogP contribution is -2.46. The maximum Gasteiger partial charge on any atom is 0.270 e. The molecular weight excluding hydrogens is 396 g/mol. The normalized spacial score (nSPS) is 18.4. The van der Waals surface area contributed by atoms with E-state index in [9.17, 15) is 14.9 Å². The molecule has 0 aromatic heterocycles. The number of morpholine rings is 1. The first kappa shape index (κ1) is 20.6. The summed E-state index contributed by atoms with van der Waals surface area (Å²) < 4.78 is 11.9. The lowest BCUT2D eigenvalue weighted by Gasteiger charge is -2.37. The van der Waals surface area contributed by atoms with E-state index in [2.05, 4.69) is 0 Å². The zero-order chi connectivity index (χ0) is 21.8. The summed E-state index contributed by atoms with van der Waals surface area (Å²) in [6.45, 7) is 2.64. The van der Waals surface area contributed by atoms with Gasteiger partial charge >= 0.3 is 0 Å². The Morgan fingerprint density at radius 3 is 2.39 bits per heavy atom. The van der Waals surface area contributed by atoms with Gasteiger partial charge in [-0.1, -0.05) is 48.5 Å². The van der Waals surface area contributed by atoms with E-state index in [1.54, 1.807) is 17.0 Å². The van der Waals surface area contributed by atoms with Crippen LogP contribution in [0.5, 0.6) is 11.5 Å². The molecule has 3 aromatic carbocycles. The van der Waals surface area contributed by atoms with Gasteiger partial charge in [-0.05, 0) is 30.7 Å². The molecule has 4 rings (SSSR count). The summed E-state index contributed by atoms with van der Waals surface area (Å²) in [7, 11) is 0. The first-order valence-corrected chi connectivity index (χ1v) is 10.0. The number of amides is 1. The molecule has 2 atom stereocenters. The number of nitrogens with zero attached hydrogens (tertiary/aromatic N) is 2. The molecule has 31 heavy (non-hydrogen) atoms. The molecule has 158 valence electrons. The molecule has 0 N–H and O–H groups in total. The summed E-state index contributed by atoms with van der Waals surface area (Å²) in [6, 6.07) is 22.8. The Hall–Kier alpha value is -3.71. The smallest absolute Gasteiger partial charge is 0.270 e. The van der Waals surface area contributed by atoms with Crippen molar-refractivity contribution >= 4 is 11.6 Å². The second kappa shape index (κ2) is 8.97. The van der Waals surface area contributed by atoms with Crippen molar-refractivity contribution in [1.82, 2.24) is 4.90 Å². The second-order valence-corrected chi connectivity index (χ2v) is 7.41. The largest absolute Gasteiger partial charge is 0.457 e. The van der Waals surface area contributed by atoms with Crippen molar-refractivity contribution in [3.8, 4) is 11.5 Å². The molecule has 2 unspecified atom stereocenters. The van der Waals surface area contributed by atoms with Gasteiger partial charge in [0.2, 0.25) is 0 Å². The van der Waals surface area contributed by atoms with Crippen molar-refractivity contribution in [2.75, 3.05) is 13.1 Å². The van der Waals surface area contributed by atoms with Gasteiger partial charge in [-0.25, -0.2) is 0 Å². The van der Waals surface area contributed by atoms with E-state index in [1.807, 2.05) is 55.5 Å². The minimum atomic E-state index is -0.516. The van der Waals surface area contributed by atoms with Crippen LogP contribution >= 0.6 is 0 Å². The summed E-state index contributed by atoms with van der Waals surface area (Å²) >= 11 is 0. The quantitative estimate of drug-likeness (QED) is 0.431. The molecule has 1 aliphatic rings. The highest BCUT2D eigenvalue weighted by atomic mass is 16.6. The van der Waals surface area contributed by atoms with Crippen LogP contribution in [0.3, 0.4) is 0 Å². The number of nitro benzene ring substituents is 1. The van der Waals surface area contributed by atoms with Crippen molar-refractivity contribution in [2.24, 2.45) is 0 Å². The molecule has 1 fully saturated rings. The average molecular weight is 418 g/mol. The van der Waals surface area contributed by atoms with Crippen LogP contribution in [0.2, 0.25) is 0 Å². The van der Waals surface area contributed by atoms with Crippen molar-refractivity contribution < 1.29 is 19.2 Å². The van der Waals surface area contributed by atoms with Crippen LogP contribution in [-0.2, 0) is 4.74 Å². The second-order valence-electron chi connectivity index (χ2n) is 7.41. The molecule has 0 saturated carbocycles. The lowest BCUT2D eigenvalue weighted by atomic mass is 10.0. The number of para-hydroxylation sites is 1. The predicted molar refractivity (Wildman–Crippen MR) is 115 cm³/mol. The molecule has 1 aliphatic heterocycles. The van der Waals surface area contributed by atoms with Crippen LogP contribution in [0.4, 0.5) is 5.69 Å². The van der Waals surface area contributed by atoms with Crippen LogP contribution in [0.1, 0.15) is 28.9 Å². The standard InChI is InChI=1S/C24H22N2O5/c1-17-15-25(16-23(30-17)18-8-4-2-5-9-18)24(27)21-14-19(26(28)29)12-13-22(21)31-20-10-6-3-7-11-20/h2-14,17,23H,15-16H2,1H3. The summed E-state index contributed by atoms with van der Waals surface area (Å²) in [6.07, 6.45) is -0.453. The number of benzene rings is 3. The molecule has 0 spiro atoms. The summed E-state index contributed by atoms with van der Waals surface area (Å²) in [5, 5.41) is 11.3. The Labute approximate surface area is 180 Å². The predicted octanol–water partition coefficient (Wildman–Crippen LogP) is 4.99. The van der Waals surface area contributed by atoms with Crippen molar-refractivity contribution in [2.45, 2.75) is 19.1 Å². The molecule has 3 aromatic rings. The number of carbonyl (C=O) groups is 1. The van der Waals surface area contributed by atoms with E-state index in [0.29, 0.717) is 18.8 Å². The average Bonchev–Trinajstić information content (AvgIpc) is 2.79. The number of ether oxygens (including phenoxy) is 2. The van der Waals surface area contributed by atoms with Gasteiger partial charge < -0.3 is 14.4 Å². The maximum atomic E-state index is 13.5. The Morgan fingerprint density at radius 1 is 1.03 bits per heavy atom. The fourth-order valence-electron chi connectivity index (χ4n) is 3.64. The molecule has 1 amide bonds. The zero-order valence-electron chi connectivity index (χ0n) is 17.0. The highest BCUT2D eigenvalue weighted by molar-refractivity contribution is 5.98. The van der Waals surface area contributed by atoms with Gasteiger partial charge in [-0.2, -0.15) is 0 Å². The topological polar surface area (TPSA) is 81.9 Å². The molecule has 0 aliphatic carbocycles. The molecule has 0 bridgehead atoms. The molecule has 0 radical (unpaired) electrons. The Kier molecular flexibility index (Phi) is 5.95. The van der Waals surface area contributed by atoms with E-state index in [-0.39, 0.29) is 35.1 Å². The summed E-state index contributed by atoms with van der Waals surface area (Å²) in [4.78, 5) is 26.0. The summed E-state index contributed by atoms with van der Waals surface area (Å²) in [5.41, 5.74) is 0.968.